The second-order valence-electron chi connectivity index (χ2n) is 4.70. The Balaban J connectivity index is 2.13. The van der Waals surface area contributed by atoms with E-state index in [1.807, 2.05) is 12.3 Å². The van der Waals surface area contributed by atoms with Crippen molar-refractivity contribution in [1.82, 2.24) is 4.98 Å². The third-order valence-corrected chi connectivity index (χ3v) is 4.60. The Morgan fingerprint density at radius 2 is 2.41 bits per heavy atom. The van der Waals surface area contributed by atoms with Gasteiger partial charge in [-0.25, -0.2) is 4.98 Å². The van der Waals surface area contributed by atoms with Crippen molar-refractivity contribution in [3.05, 3.63) is 22.3 Å². The molecule has 0 aromatic carbocycles. The molecule has 4 heteroatoms. The first-order valence-corrected chi connectivity index (χ1v) is 7.47. The summed E-state index contributed by atoms with van der Waals surface area (Å²) >= 11 is 9.49. The highest BCUT2D eigenvalue weighted by Gasteiger charge is 2.22. The van der Waals surface area contributed by atoms with Gasteiger partial charge in [0.1, 0.15) is 5.82 Å². The zero-order chi connectivity index (χ0) is 12.3. The minimum atomic E-state index is 0.718. The number of aromatic nitrogens is 1. The highest BCUT2D eigenvalue weighted by atomic mass is 79.9. The predicted octanol–water partition coefficient (Wildman–Crippen LogP) is 4.00. The Morgan fingerprint density at radius 3 is 3.18 bits per heavy atom. The molecule has 0 spiro atoms. The Kier molecular flexibility index (Phi) is 4.69. The van der Waals surface area contributed by atoms with Crippen molar-refractivity contribution in [3.63, 3.8) is 0 Å². The van der Waals surface area contributed by atoms with Crippen LogP contribution in [0.5, 0.6) is 0 Å². The molecule has 1 saturated heterocycles. The largest absolute Gasteiger partial charge is 0.355 e. The Bertz CT molecular complexity index is 382. The van der Waals surface area contributed by atoms with Crippen molar-refractivity contribution in [3.8, 4) is 0 Å². The molecule has 0 aliphatic carbocycles. The number of alkyl halides is 1. The first kappa shape index (κ1) is 13.2. The number of anilines is 1. The van der Waals surface area contributed by atoms with Crippen LogP contribution in [0.15, 0.2) is 16.7 Å². The average Bonchev–Trinajstić information content (AvgIpc) is 2.33. The lowest BCUT2D eigenvalue weighted by molar-refractivity contribution is 0.404. The molecule has 1 aliphatic heterocycles. The molecule has 17 heavy (non-hydrogen) atoms. The topological polar surface area (TPSA) is 16.1 Å². The number of pyridine rings is 1. The average molecular weight is 318 g/mol. The van der Waals surface area contributed by atoms with E-state index in [4.69, 9.17) is 11.6 Å². The van der Waals surface area contributed by atoms with Crippen LogP contribution in [0.1, 0.15) is 24.8 Å². The molecule has 2 rings (SSSR count). The number of hydrogen-bond donors (Lipinski definition) is 0. The highest BCUT2D eigenvalue weighted by Crippen LogP contribution is 2.30. The number of halogens is 2. The molecule has 0 N–H and O–H groups in total. The number of aryl methyl sites for hydroxylation is 1. The van der Waals surface area contributed by atoms with Crippen molar-refractivity contribution in [2.75, 3.05) is 23.9 Å². The maximum absolute atomic E-state index is 5.84. The van der Waals surface area contributed by atoms with Crippen molar-refractivity contribution >= 4 is 33.3 Å². The van der Waals surface area contributed by atoms with Gasteiger partial charge in [-0.15, -0.1) is 11.6 Å². The fourth-order valence-electron chi connectivity index (χ4n) is 2.39. The summed E-state index contributed by atoms with van der Waals surface area (Å²) in [5, 5.41) is 0. The summed E-state index contributed by atoms with van der Waals surface area (Å²) in [5.74, 6) is 2.57. The monoisotopic (exact) mass is 316 g/mol. The van der Waals surface area contributed by atoms with Crippen LogP contribution >= 0.6 is 27.5 Å². The Morgan fingerprint density at radius 1 is 1.59 bits per heavy atom. The summed E-state index contributed by atoms with van der Waals surface area (Å²) in [6.07, 6.45) is 5.54. The molecule has 1 atom stereocenters. The molecular formula is C13H18BrClN2. The van der Waals surface area contributed by atoms with E-state index in [9.17, 15) is 0 Å². The van der Waals surface area contributed by atoms with E-state index in [2.05, 4.69) is 32.7 Å². The van der Waals surface area contributed by atoms with Gasteiger partial charge in [-0.1, -0.05) is 0 Å². The molecule has 0 saturated carbocycles. The van der Waals surface area contributed by atoms with Crippen LogP contribution in [0.3, 0.4) is 0 Å². The summed E-state index contributed by atoms with van der Waals surface area (Å²) < 4.78 is 1.13. The smallest absolute Gasteiger partial charge is 0.143 e. The van der Waals surface area contributed by atoms with E-state index in [-0.39, 0.29) is 0 Å². The van der Waals surface area contributed by atoms with Crippen molar-refractivity contribution < 1.29 is 0 Å². The van der Waals surface area contributed by atoms with Crippen LogP contribution in [0.2, 0.25) is 0 Å². The second-order valence-corrected chi connectivity index (χ2v) is 5.87. The quantitative estimate of drug-likeness (QED) is 0.783. The maximum Gasteiger partial charge on any atom is 0.143 e. The lowest BCUT2D eigenvalue weighted by Crippen LogP contribution is -2.36. The molecule has 1 aromatic rings. The normalized spacial score (nSPS) is 20.6. The van der Waals surface area contributed by atoms with Gasteiger partial charge in [0.15, 0.2) is 0 Å². The fraction of sp³-hybridized carbons (Fsp3) is 0.615. The molecule has 0 amide bonds. The first-order chi connectivity index (χ1) is 8.22. The highest BCUT2D eigenvalue weighted by molar-refractivity contribution is 9.10. The summed E-state index contributed by atoms with van der Waals surface area (Å²) in [5.41, 5.74) is 1.24. The van der Waals surface area contributed by atoms with E-state index in [0.717, 1.165) is 41.6 Å². The molecule has 1 aromatic heterocycles. The standard InChI is InChI=1S/C13H18BrClN2/c1-10-5-7-16-13(12(10)14)17-8-2-3-11(9-17)4-6-15/h5,7,11H,2-4,6,8-9H2,1H3. The van der Waals surface area contributed by atoms with E-state index in [0.29, 0.717) is 0 Å². The number of rotatable bonds is 3. The van der Waals surface area contributed by atoms with E-state index >= 15 is 0 Å². The second kappa shape index (κ2) is 6.05. The van der Waals surface area contributed by atoms with Crippen LogP contribution in [-0.2, 0) is 0 Å². The Labute approximate surface area is 116 Å². The van der Waals surface area contributed by atoms with Gasteiger partial charge in [0.05, 0.1) is 4.47 Å². The van der Waals surface area contributed by atoms with Crippen LogP contribution in [-0.4, -0.2) is 24.0 Å². The molecule has 2 nitrogen and oxygen atoms in total. The number of hydrogen-bond acceptors (Lipinski definition) is 2. The van der Waals surface area contributed by atoms with Crippen molar-refractivity contribution in [1.29, 1.82) is 0 Å². The molecule has 0 bridgehead atoms. The third-order valence-electron chi connectivity index (χ3n) is 3.40. The van der Waals surface area contributed by atoms with Gasteiger partial charge < -0.3 is 4.90 Å². The van der Waals surface area contributed by atoms with Gasteiger partial charge in [0, 0.05) is 25.2 Å². The molecule has 2 heterocycles. The van der Waals surface area contributed by atoms with Crippen molar-refractivity contribution in [2.24, 2.45) is 5.92 Å². The van der Waals surface area contributed by atoms with Crippen LogP contribution in [0, 0.1) is 12.8 Å². The molecule has 1 fully saturated rings. The minimum absolute atomic E-state index is 0.718. The zero-order valence-electron chi connectivity index (χ0n) is 10.1. The molecular weight excluding hydrogens is 300 g/mol. The van der Waals surface area contributed by atoms with Gasteiger partial charge in [0.25, 0.3) is 0 Å². The van der Waals surface area contributed by atoms with Crippen LogP contribution < -0.4 is 4.90 Å². The van der Waals surface area contributed by atoms with Crippen LogP contribution in [0.25, 0.3) is 0 Å². The predicted molar refractivity (Wildman–Crippen MR) is 76.9 cm³/mol. The number of piperidine rings is 1. The maximum atomic E-state index is 5.84. The van der Waals surface area contributed by atoms with Gasteiger partial charge >= 0.3 is 0 Å². The molecule has 1 unspecified atom stereocenters. The zero-order valence-corrected chi connectivity index (χ0v) is 12.5. The van der Waals surface area contributed by atoms with Gasteiger partial charge in [-0.05, 0) is 59.7 Å². The Hall–Kier alpha value is -0.280. The molecule has 1 aliphatic rings. The third kappa shape index (κ3) is 3.14. The summed E-state index contributed by atoms with van der Waals surface area (Å²) in [6.45, 7) is 4.30. The lowest BCUT2D eigenvalue weighted by atomic mass is 9.95. The molecule has 0 radical (unpaired) electrons. The SMILES string of the molecule is Cc1ccnc(N2CCCC(CCCl)C2)c1Br. The van der Waals surface area contributed by atoms with Gasteiger partial charge in [-0.3, -0.25) is 0 Å². The van der Waals surface area contributed by atoms with E-state index in [1.165, 1.54) is 18.4 Å². The summed E-state index contributed by atoms with van der Waals surface area (Å²) in [4.78, 5) is 6.89. The van der Waals surface area contributed by atoms with Crippen LogP contribution in [0.4, 0.5) is 5.82 Å². The van der Waals surface area contributed by atoms with Crippen molar-refractivity contribution in [2.45, 2.75) is 26.2 Å². The van der Waals surface area contributed by atoms with E-state index in [1.54, 1.807) is 0 Å². The summed E-state index contributed by atoms with van der Waals surface area (Å²) in [6, 6.07) is 2.04. The number of nitrogens with zero attached hydrogens (tertiary/aromatic N) is 2. The summed E-state index contributed by atoms with van der Waals surface area (Å²) in [7, 11) is 0. The molecule has 94 valence electrons. The fourth-order valence-corrected chi connectivity index (χ4v) is 3.19. The first-order valence-electron chi connectivity index (χ1n) is 6.14. The van der Waals surface area contributed by atoms with Gasteiger partial charge in [-0.2, -0.15) is 0 Å². The lowest BCUT2D eigenvalue weighted by Gasteiger charge is -2.34. The van der Waals surface area contributed by atoms with E-state index < -0.39 is 0 Å². The minimum Gasteiger partial charge on any atom is -0.355 e. The van der Waals surface area contributed by atoms with Gasteiger partial charge in [0.2, 0.25) is 0 Å².